The number of aromatic nitrogens is 2. The van der Waals surface area contributed by atoms with Crippen LogP contribution in [-0.2, 0) is 6.61 Å². The molecule has 0 saturated heterocycles. The lowest BCUT2D eigenvalue weighted by molar-refractivity contribution is 0.0977. The first kappa shape index (κ1) is 19.1. The second kappa shape index (κ2) is 9.30. The molecule has 0 aliphatic rings. The minimum atomic E-state index is 0.00607. The van der Waals surface area contributed by atoms with E-state index in [-0.39, 0.29) is 19.0 Å². The fourth-order valence-electron chi connectivity index (χ4n) is 2.53. The van der Waals surface area contributed by atoms with Gasteiger partial charge in [-0.2, -0.15) is 0 Å². The Hall–Kier alpha value is -2.70. The summed E-state index contributed by atoms with van der Waals surface area (Å²) in [5.41, 5.74) is 2.88. The first-order valence-corrected chi connectivity index (χ1v) is 8.97. The molecule has 0 bridgehead atoms. The Kier molecular flexibility index (Phi) is 6.57. The molecular formula is C20H19ClN2O4. The normalized spacial score (nSPS) is 10.7. The molecule has 0 atom stereocenters. The molecule has 0 spiro atoms. The van der Waals surface area contributed by atoms with Crippen molar-refractivity contribution in [2.24, 2.45) is 0 Å². The smallest absolute Gasteiger partial charge is 0.213 e. The van der Waals surface area contributed by atoms with E-state index in [2.05, 4.69) is 10.1 Å². The van der Waals surface area contributed by atoms with E-state index in [0.717, 1.165) is 11.1 Å². The number of aliphatic hydroxyl groups excluding tert-OH is 1. The number of halogens is 1. The molecule has 2 aromatic heterocycles. The van der Waals surface area contributed by atoms with Crippen molar-refractivity contribution in [3.8, 4) is 17.1 Å². The Morgan fingerprint density at radius 3 is 2.67 bits per heavy atom. The Balaban J connectivity index is 1.60. The third-order valence-corrected chi connectivity index (χ3v) is 4.26. The second-order valence-electron chi connectivity index (χ2n) is 5.97. The predicted molar refractivity (Wildman–Crippen MR) is 101 cm³/mol. The van der Waals surface area contributed by atoms with Gasteiger partial charge in [-0.25, -0.2) is 4.98 Å². The maximum Gasteiger partial charge on any atom is 0.213 e. The van der Waals surface area contributed by atoms with Gasteiger partial charge in [-0.05, 0) is 31.0 Å². The lowest BCUT2D eigenvalue weighted by Gasteiger charge is -2.06. The average molecular weight is 387 g/mol. The van der Waals surface area contributed by atoms with Crippen LogP contribution in [-0.4, -0.2) is 27.6 Å². The number of carbonyl (C=O) groups excluding carboxylic acids is 1. The summed E-state index contributed by atoms with van der Waals surface area (Å²) in [5.74, 6) is 0.414. The number of benzene rings is 1. The lowest BCUT2D eigenvalue weighted by Crippen LogP contribution is -2.02. The number of pyridine rings is 1. The van der Waals surface area contributed by atoms with Gasteiger partial charge in [0, 0.05) is 41.4 Å². The van der Waals surface area contributed by atoms with E-state index in [4.69, 9.17) is 26.0 Å². The molecule has 1 N–H and O–H groups in total. The summed E-state index contributed by atoms with van der Waals surface area (Å²) in [6, 6.07) is 10.6. The van der Waals surface area contributed by atoms with Crippen LogP contribution in [0.15, 0.2) is 53.4 Å². The van der Waals surface area contributed by atoms with E-state index in [9.17, 15) is 4.79 Å². The predicted octanol–water partition coefficient (Wildman–Crippen LogP) is 4.31. The Morgan fingerprint density at radius 1 is 1.15 bits per heavy atom. The van der Waals surface area contributed by atoms with Crippen LogP contribution in [0, 0.1) is 0 Å². The summed E-state index contributed by atoms with van der Waals surface area (Å²) in [5, 5.41) is 13.4. The molecule has 3 rings (SSSR count). The molecule has 6 nitrogen and oxygen atoms in total. The standard InChI is InChI=1S/C20H19ClN2O4/c21-17-7-4-14(5-8-17)20-16(13-27-23-20)12-26-19-9-6-15(11-22-19)18(25)3-1-2-10-24/h4-9,11,13,24H,1-3,10,12H2. The number of nitrogens with zero attached hydrogens (tertiary/aromatic N) is 2. The number of unbranched alkanes of at least 4 members (excludes halogenated alkanes) is 1. The molecule has 0 amide bonds. The van der Waals surface area contributed by atoms with Crippen LogP contribution < -0.4 is 4.74 Å². The highest BCUT2D eigenvalue weighted by Gasteiger charge is 2.12. The zero-order valence-corrected chi connectivity index (χ0v) is 15.4. The van der Waals surface area contributed by atoms with Gasteiger partial charge in [-0.1, -0.05) is 28.9 Å². The molecule has 0 unspecified atom stereocenters. The summed E-state index contributed by atoms with van der Waals surface area (Å²) in [6.07, 6.45) is 4.71. The highest BCUT2D eigenvalue weighted by atomic mass is 35.5. The lowest BCUT2D eigenvalue weighted by atomic mass is 10.1. The van der Waals surface area contributed by atoms with E-state index in [0.29, 0.717) is 41.4 Å². The summed E-state index contributed by atoms with van der Waals surface area (Å²) < 4.78 is 10.8. The molecule has 1 aromatic carbocycles. The number of ether oxygens (including phenoxy) is 1. The Morgan fingerprint density at radius 2 is 1.96 bits per heavy atom. The number of aliphatic hydroxyl groups is 1. The molecule has 27 heavy (non-hydrogen) atoms. The second-order valence-corrected chi connectivity index (χ2v) is 6.41. The summed E-state index contributed by atoms with van der Waals surface area (Å²) in [7, 11) is 0. The number of Topliss-reactive ketones (excluding diaryl/α,β-unsaturated/α-hetero) is 1. The molecule has 2 heterocycles. The first-order valence-electron chi connectivity index (χ1n) is 8.59. The van der Waals surface area contributed by atoms with Crippen LogP contribution in [0.4, 0.5) is 0 Å². The van der Waals surface area contributed by atoms with Crippen molar-refractivity contribution in [2.75, 3.05) is 6.61 Å². The van der Waals surface area contributed by atoms with Gasteiger partial charge in [0.2, 0.25) is 5.88 Å². The van der Waals surface area contributed by atoms with E-state index >= 15 is 0 Å². The first-order chi connectivity index (χ1) is 13.2. The molecule has 7 heteroatoms. The van der Waals surface area contributed by atoms with Crippen LogP contribution >= 0.6 is 11.6 Å². The van der Waals surface area contributed by atoms with Crippen molar-refractivity contribution in [2.45, 2.75) is 25.9 Å². The summed E-state index contributed by atoms with van der Waals surface area (Å²) in [6.45, 7) is 0.331. The van der Waals surface area contributed by atoms with Gasteiger partial charge in [0.25, 0.3) is 0 Å². The minimum Gasteiger partial charge on any atom is -0.473 e. The number of hydrogen-bond acceptors (Lipinski definition) is 6. The van der Waals surface area contributed by atoms with Crippen molar-refractivity contribution < 1.29 is 19.2 Å². The van der Waals surface area contributed by atoms with Crippen molar-refractivity contribution in [3.05, 3.63) is 65.0 Å². The van der Waals surface area contributed by atoms with Crippen LogP contribution in [0.25, 0.3) is 11.3 Å². The average Bonchev–Trinajstić information content (AvgIpc) is 3.16. The third kappa shape index (κ3) is 5.15. The third-order valence-electron chi connectivity index (χ3n) is 4.01. The van der Waals surface area contributed by atoms with Crippen molar-refractivity contribution in [3.63, 3.8) is 0 Å². The number of rotatable bonds is 9. The Labute approximate surface area is 161 Å². The molecule has 0 aliphatic carbocycles. The van der Waals surface area contributed by atoms with E-state index < -0.39 is 0 Å². The van der Waals surface area contributed by atoms with Crippen LogP contribution in [0.2, 0.25) is 5.02 Å². The van der Waals surface area contributed by atoms with E-state index in [1.54, 1.807) is 24.3 Å². The fraction of sp³-hybridized carbons (Fsp3) is 0.250. The molecule has 140 valence electrons. The van der Waals surface area contributed by atoms with Gasteiger partial charge < -0.3 is 14.4 Å². The monoisotopic (exact) mass is 386 g/mol. The quantitative estimate of drug-likeness (QED) is 0.435. The number of ketones is 1. The van der Waals surface area contributed by atoms with Crippen LogP contribution in [0.5, 0.6) is 5.88 Å². The van der Waals surface area contributed by atoms with Gasteiger partial charge in [-0.3, -0.25) is 4.79 Å². The van der Waals surface area contributed by atoms with E-state index in [1.807, 2.05) is 12.1 Å². The maximum absolute atomic E-state index is 12.0. The van der Waals surface area contributed by atoms with Gasteiger partial charge in [-0.15, -0.1) is 0 Å². The van der Waals surface area contributed by atoms with Crippen LogP contribution in [0.3, 0.4) is 0 Å². The van der Waals surface area contributed by atoms with Crippen molar-refractivity contribution >= 4 is 17.4 Å². The zero-order valence-electron chi connectivity index (χ0n) is 14.6. The van der Waals surface area contributed by atoms with Crippen molar-refractivity contribution in [1.29, 1.82) is 0 Å². The van der Waals surface area contributed by atoms with Gasteiger partial charge in [0.1, 0.15) is 18.6 Å². The van der Waals surface area contributed by atoms with Gasteiger partial charge in [0.15, 0.2) is 5.78 Å². The van der Waals surface area contributed by atoms with E-state index in [1.165, 1.54) is 12.5 Å². The number of hydrogen-bond donors (Lipinski definition) is 1. The fourth-order valence-corrected chi connectivity index (χ4v) is 2.66. The summed E-state index contributed by atoms with van der Waals surface area (Å²) >= 11 is 5.91. The molecule has 0 fully saturated rings. The summed E-state index contributed by atoms with van der Waals surface area (Å²) in [4.78, 5) is 16.2. The number of carbonyl (C=O) groups is 1. The van der Waals surface area contributed by atoms with Crippen LogP contribution in [0.1, 0.15) is 35.2 Å². The SMILES string of the molecule is O=C(CCCCO)c1ccc(OCc2conc2-c2ccc(Cl)cc2)nc1. The molecule has 0 saturated carbocycles. The molecule has 0 aliphatic heterocycles. The largest absolute Gasteiger partial charge is 0.473 e. The molecule has 0 radical (unpaired) electrons. The molecular weight excluding hydrogens is 368 g/mol. The highest BCUT2D eigenvalue weighted by molar-refractivity contribution is 6.30. The molecule has 3 aromatic rings. The van der Waals surface area contributed by atoms with Crippen molar-refractivity contribution in [1.82, 2.24) is 10.1 Å². The minimum absolute atomic E-state index is 0.00607. The topological polar surface area (TPSA) is 85.5 Å². The maximum atomic E-state index is 12.0. The van der Waals surface area contributed by atoms with Gasteiger partial charge >= 0.3 is 0 Å². The highest BCUT2D eigenvalue weighted by Crippen LogP contribution is 2.24. The Bertz CT molecular complexity index is 876. The zero-order chi connectivity index (χ0) is 19.1. The van der Waals surface area contributed by atoms with Gasteiger partial charge in [0.05, 0.1) is 5.56 Å².